The van der Waals surface area contributed by atoms with Crippen molar-refractivity contribution in [3.63, 3.8) is 0 Å². The Kier molecular flexibility index (Phi) is 7.52. The van der Waals surface area contributed by atoms with Gasteiger partial charge >= 0.3 is 6.03 Å². The topological polar surface area (TPSA) is 147 Å². The summed E-state index contributed by atoms with van der Waals surface area (Å²) in [5, 5.41) is 3.05. The smallest absolute Gasteiger partial charge is 0.325 e. The van der Waals surface area contributed by atoms with Gasteiger partial charge < -0.3 is 11.1 Å². The second kappa shape index (κ2) is 10.7. The van der Waals surface area contributed by atoms with Gasteiger partial charge in [-0.1, -0.05) is 26.2 Å². The van der Waals surface area contributed by atoms with E-state index in [1.807, 2.05) is 6.92 Å². The Bertz CT molecular complexity index is 1060. The van der Waals surface area contributed by atoms with E-state index in [2.05, 4.69) is 25.3 Å². The van der Waals surface area contributed by atoms with Gasteiger partial charge in [-0.05, 0) is 49.3 Å². The fraction of sp³-hybridized carbons (Fsp3) is 0.542. The van der Waals surface area contributed by atoms with Gasteiger partial charge in [0.15, 0.2) is 0 Å². The predicted octanol–water partition coefficient (Wildman–Crippen LogP) is 1.95. The molecule has 4 rings (SSSR count). The Morgan fingerprint density at radius 1 is 1.20 bits per heavy atom. The number of carbonyl (C=O) groups is 3. The van der Waals surface area contributed by atoms with E-state index in [1.165, 1.54) is 31.0 Å². The molecule has 3 heterocycles. The highest BCUT2D eigenvalue weighted by Crippen LogP contribution is 2.33. The lowest BCUT2D eigenvalue weighted by molar-refractivity contribution is -0.156. The highest BCUT2D eigenvalue weighted by Gasteiger charge is 2.55. The second-order valence-corrected chi connectivity index (χ2v) is 9.25. The molecule has 11 nitrogen and oxygen atoms in total. The molecule has 2 aromatic heterocycles. The van der Waals surface area contributed by atoms with E-state index in [0.717, 1.165) is 42.6 Å². The maximum Gasteiger partial charge on any atom is 0.325 e. The van der Waals surface area contributed by atoms with Crippen LogP contribution in [-0.2, 0) is 16.0 Å². The zero-order valence-corrected chi connectivity index (χ0v) is 20.1. The molecule has 11 heteroatoms. The van der Waals surface area contributed by atoms with E-state index in [9.17, 15) is 14.4 Å². The molecule has 4 amide bonds. The van der Waals surface area contributed by atoms with Gasteiger partial charge in [-0.25, -0.2) is 24.7 Å². The van der Waals surface area contributed by atoms with Crippen molar-refractivity contribution in [2.75, 3.05) is 17.7 Å². The number of anilines is 2. The van der Waals surface area contributed by atoms with E-state index in [1.54, 1.807) is 18.3 Å². The number of nitrogen functional groups attached to an aromatic ring is 1. The van der Waals surface area contributed by atoms with E-state index < -0.39 is 29.8 Å². The van der Waals surface area contributed by atoms with Crippen molar-refractivity contribution < 1.29 is 14.4 Å². The van der Waals surface area contributed by atoms with E-state index in [-0.39, 0.29) is 18.4 Å². The molecule has 0 bridgehead atoms. The molecule has 1 saturated heterocycles. The Hall–Kier alpha value is -3.63. The molecular weight excluding hydrogens is 448 g/mol. The number of hydrogen-bond donors (Lipinski definition) is 2. The first-order valence-corrected chi connectivity index (χ1v) is 12.1. The summed E-state index contributed by atoms with van der Waals surface area (Å²) in [6, 6.07) is 1.87. The number of β-lactam (4-membered cyclic amide) rings is 1. The number of pyridine rings is 1. The number of amides is 4. The lowest BCUT2D eigenvalue weighted by Crippen LogP contribution is -2.71. The van der Waals surface area contributed by atoms with Crippen molar-refractivity contribution in [1.82, 2.24) is 30.2 Å². The Morgan fingerprint density at radius 2 is 1.91 bits per heavy atom. The molecule has 186 valence electrons. The normalized spacial score (nSPS) is 21.2. The summed E-state index contributed by atoms with van der Waals surface area (Å²) in [5.41, 5.74) is 6.56. The van der Waals surface area contributed by atoms with Crippen molar-refractivity contribution in [1.29, 1.82) is 0 Å². The van der Waals surface area contributed by atoms with E-state index >= 15 is 0 Å². The number of carbonyl (C=O) groups excluding carboxylic acids is 3. The summed E-state index contributed by atoms with van der Waals surface area (Å²) in [4.78, 5) is 58.2. The van der Waals surface area contributed by atoms with Crippen LogP contribution >= 0.6 is 0 Å². The van der Waals surface area contributed by atoms with Gasteiger partial charge in [0, 0.05) is 19.3 Å². The van der Waals surface area contributed by atoms with Crippen LogP contribution in [0.1, 0.15) is 51.0 Å². The number of rotatable bonds is 7. The third-order valence-corrected chi connectivity index (χ3v) is 7.06. The highest BCUT2D eigenvalue weighted by molar-refractivity contribution is 6.12. The lowest BCUT2D eigenvalue weighted by atomic mass is 9.81. The monoisotopic (exact) mass is 480 g/mol. The Labute approximate surface area is 204 Å². The molecule has 0 aromatic carbocycles. The third kappa shape index (κ3) is 5.23. The number of hydrogen-bond acceptors (Lipinski definition) is 8. The van der Waals surface area contributed by atoms with Crippen molar-refractivity contribution in [2.24, 2.45) is 11.8 Å². The van der Waals surface area contributed by atoms with E-state index in [0.29, 0.717) is 11.7 Å². The number of likely N-dealkylation sites (N-methyl/N-ethyl adjacent to an activating group) is 1. The fourth-order valence-electron chi connectivity index (χ4n) is 5.15. The predicted molar refractivity (Wildman–Crippen MR) is 129 cm³/mol. The minimum absolute atomic E-state index is 0.0355. The standard InChI is InChI=1S/C24H32N8O3/c1-3-18(16-7-5-4-6-8-16)30-24(35)32-20(22(34)31(2)23-28-13-26-14-29-23)17(21(32)33)11-15-9-10-27-19(25)12-15/h9-10,12-14,16-18,20H,3-8,11H2,1-2H3,(H2,25,27)(H,30,35)/t17-,18?,20+/m1/s1. The average Bonchev–Trinajstić information content (AvgIpc) is 2.89. The number of aromatic nitrogens is 4. The molecule has 35 heavy (non-hydrogen) atoms. The third-order valence-electron chi connectivity index (χ3n) is 7.06. The average molecular weight is 481 g/mol. The summed E-state index contributed by atoms with van der Waals surface area (Å²) >= 11 is 0. The zero-order chi connectivity index (χ0) is 24.9. The number of urea groups is 1. The van der Waals surface area contributed by atoms with Gasteiger partial charge in [0.25, 0.3) is 5.91 Å². The van der Waals surface area contributed by atoms with Gasteiger partial charge in [-0.15, -0.1) is 0 Å². The number of imide groups is 1. The molecule has 0 radical (unpaired) electrons. The van der Waals surface area contributed by atoms with Crippen LogP contribution in [0.3, 0.4) is 0 Å². The van der Waals surface area contributed by atoms with Gasteiger partial charge in [0.2, 0.25) is 11.9 Å². The maximum absolute atomic E-state index is 13.5. The first-order valence-electron chi connectivity index (χ1n) is 12.1. The molecule has 1 aliphatic heterocycles. The molecule has 3 N–H and O–H groups in total. The van der Waals surface area contributed by atoms with Crippen LogP contribution < -0.4 is 16.0 Å². The Balaban J connectivity index is 1.56. The summed E-state index contributed by atoms with van der Waals surface area (Å²) in [6.07, 6.45) is 10.8. The first-order chi connectivity index (χ1) is 16.9. The van der Waals surface area contributed by atoms with Crippen molar-refractivity contribution in [2.45, 2.75) is 64.0 Å². The maximum atomic E-state index is 13.5. The van der Waals surface area contributed by atoms with Crippen LogP contribution in [-0.4, -0.2) is 61.8 Å². The summed E-state index contributed by atoms with van der Waals surface area (Å²) in [7, 11) is 1.52. The van der Waals surface area contributed by atoms with Crippen LogP contribution in [0.4, 0.5) is 16.6 Å². The Morgan fingerprint density at radius 3 is 2.57 bits per heavy atom. The van der Waals surface area contributed by atoms with Crippen molar-refractivity contribution in [3.8, 4) is 0 Å². The molecule has 2 aromatic rings. The van der Waals surface area contributed by atoms with Crippen LogP contribution in [0.15, 0.2) is 31.0 Å². The lowest BCUT2D eigenvalue weighted by Gasteiger charge is -2.46. The van der Waals surface area contributed by atoms with Crippen LogP contribution in [0, 0.1) is 11.8 Å². The molecule has 1 saturated carbocycles. The molecule has 1 aliphatic carbocycles. The van der Waals surface area contributed by atoms with Crippen LogP contribution in [0.25, 0.3) is 0 Å². The fourth-order valence-corrected chi connectivity index (χ4v) is 5.15. The molecular formula is C24H32N8O3. The minimum atomic E-state index is -0.984. The number of nitrogens with zero attached hydrogens (tertiary/aromatic N) is 6. The quantitative estimate of drug-likeness (QED) is 0.572. The van der Waals surface area contributed by atoms with Gasteiger partial charge in [-0.2, -0.15) is 0 Å². The summed E-state index contributed by atoms with van der Waals surface area (Å²) in [6.45, 7) is 2.03. The van der Waals surface area contributed by atoms with Crippen molar-refractivity contribution >= 4 is 29.6 Å². The molecule has 2 fully saturated rings. The molecule has 2 aliphatic rings. The highest BCUT2D eigenvalue weighted by atomic mass is 16.2. The van der Waals surface area contributed by atoms with Gasteiger partial charge in [0.05, 0.1) is 5.92 Å². The molecule has 0 spiro atoms. The SMILES string of the molecule is CCC(NC(=O)N1C(=O)[C@H](Cc2ccnc(N)c2)[C@H]1C(=O)N(C)c1ncncn1)C1CCCCC1. The zero-order valence-electron chi connectivity index (χ0n) is 20.1. The number of nitrogens with two attached hydrogens (primary N) is 1. The van der Waals surface area contributed by atoms with Gasteiger partial charge in [0.1, 0.15) is 24.5 Å². The minimum Gasteiger partial charge on any atom is -0.384 e. The van der Waals surface area contributed by atoms with Crippen LogP contribution in [0.2, 0.25) is 0 Å². The largest absolute Gasteiger partial charge is 0.384 e. The van der Waals surface area contributed by atoms with Gasteiger partial charge in [-0.3, -0.25) is 19.4 Å². The molecule has 3 atom stereocenters. The number of nitrogens with one attached hydrogen (secondary N) is 1. The number of likely N-dealkylation sites (tertiary alicyclic amines) is 1. The molecule has 1 unspecified atom stereocenters. The second-order valence-electron chi connectivity index (χ2n) is 9.25. The first kappa shape index (κ1) is 24.5. The van der Waals surface area contributed by atoms with Crippen molar-refractivity contribution in [3.05, 3.63) is 36.5 Å². The van der Waals surface area contributed by atoms with E-state index in [4.69, 9.17) is 5.73 Å². The summed E-state index contributed by atoms with van der Waals surface area (Å²) < 4.78 is 0. The van der Waals surface area contributed by atoms with Crippen LogP contribution in [0.5, 0.6) is 0 Å². The summed E-state index contributed by atoms with van der Waals surface area (Å²) in [5.74, 6) is -0.694.